The summed E-state index contributed by atoms with van der Waals surface area (Å²) in [4.78, 5) is 21.4. The Morgan fingerprint density at radius 2 is 1.85 bits per heavy atom. The number of hydrogen-bond donors (Lipinski definition) is 1. The molecular formula is C17H19N5O3S2. The van der Waals surface area contributed by atoms with Gasteiger partial charge in [-0.3, -0.25) is 9.52 Å². The predicted octanol–water partition coefficient (Wildman–Crippen LogP) is 2.48. The van der Waals surface area contributed by atoms with Crippen LogP contribution >= 0.6 is 11.8 Å². The number of thioether (sulfide) groups is 1. The van der Waals surface area contributed by atoms with Crippen molar-refractivity contribution in [1.29, 1.82) is 0 Å². The highest BCUT2D eigenvalue weighted by molar-refractivity contribution is 8.00. The van der Waals surface area contributed by atoms with Gasteiger partial charge in [0, 0.05) is 22.6 Å². The number of hydrogen-bond acceptors (Lipinski definition) is 7. The first-order valence-electron chi connectivity index (χ1n) is 8.12. The number of fused-ring (bicyclic) bond motifs is 1. The van der Waals surface area contributed by atoms with Gasteiger partial charge < -0.3 is 0 Å². The Morgan fingerprint density at radius 3 is 2.48 bits per heavy atom. The third-order valence-electron chi connectivity index (χ3n) is 3.72. The molecule has 0 saturated carbocycles. The number of nitrogens with one attached hydrogen (secondary N) is 1. The number of anilines is 1. The molecule has 3 rings (SSSR count). The van der Waals surface area contributed by atoms with E-state index in [-0.39, 0.29) is 5.78 Å². The lowest BCUT2D eigenvalue weighted by molar-refractivity contribution is 0.0994. The zero-order valence-electron chi connectivity index (χ0n) is 15.3. The number of aryl methyl sites for hydroxylation is 2. The summed E-state index contributed by atoms with van der Waals surface area (Å²) in [6.45, 7) is 5.60. The molecule has 0 aliphatic heterocycles. The minimum atomic E-state index is -3.35. The average molecular weight is 406 g/mol. The average Bonchev–Trinajstić information content (AvgIpc) is 2.96. The Kier molecular flexibility index (Phi) is 5.20. The molecular weight excluding hydrogens is 386 g/mol. The van der Waals surface area contributed by atoms with E-state index in [4.69, 9.17) is 0 Å². The number of Topliss-reactive ketones (excluding diaryl/α,β-unsaturated/α-hetero) is 1. The molecule has 0 amide bonds. The topological polar surface area (TPSA) is 106 Å². The molecule has 1 N–H and O–H groups in total. The molecule has 1 aromatic carbocycles. The van der Waals surface area contributed by atoms with Gasteiger partial charge in [0.05, 0.1) is 11.5 Å². The van der Waals surface area contributed by atoms with E-state index in [1.807, 2.05) is 19.9 Å². The highest BCUT2D eigenvalue weighted by atomic mass is 32.2. The van der Waals surface area contributed by atoms with Gasteiger partial charge in [0.25, 0.3) is 5.78 Å². The quantitative estimate of drug-likeness (QED) is 0.496. The summed E-state index contributed by atoms with van der Waals surface area (Å²) >= 11 is 1.26. The molecule has 0 bridgehead atoms. The molecule has 0 aliphatic carbocycles. The molecule has 0 fully saturated rings. The van der Waals surface area contributed by atoms with E-state index >= 15 is 0 Å². The van der Waals surface area contributed by atoms with Crippen LogP contribution < -0.4 is 4.72 Å². The number of sulfonamides is 1. The molecule has 8 nitrogen and oxygen atoms in total. The van der Waals surface area contributed by atoms with Gasteiger partial charge in [-0.05, 0) is 51.1 Å². The van der Waals surface area contributed by atoms with Gasteiger partial charge in [0.15, 0.2) is 5.78 Å². The molecule has 10 heteroatoms. The number of rotatable bonds is 6. The second-order valence-electron chi connectivity index (χ2n) is 6.22. The van der Waals surface area contributed by atoms with Crippen molar-refractivity contribution in [2.75, 3.05) is 11.0 Å². The maximum atomic E-state index is 12.6. The van der Waals surface area contributed by atoms with Crippen LogP contribution in [-0.4, -0.2) is 45.3 Å². The second-order valence-corrected chi connectivity index (χ2v) is 9.28. The molecule has 142 valence electrons. The smallest absolute Gasteiger partial charge is 0.253 e. The highest BCUT2D eigenvalue weighted by Gasteiger charge is 2.19. The Bertz CT molecular complexity index is 1110. The van der Waals surface area contributed by atoms with Gasteiger partial charge >= 0.3 is 0 Å². The van der Waals surface area contributed by atoms with E-state index < -0.39 is 15.3 Å². The number of aromatic nitrogens is 4. The maximum absolute atomic E-state index is 12.6. The third-order valence-corrected chi connectivity index (χ3v) is 5.28. The zero-order valence-corrected chi connectivity index (χ0v) is 16.9. The first kappa shape index (κ1) is 19.3. The van der Waals surface area contributed by atoms with Crippen LogP contribution in [0.5, 0.6) is 0 Å². The molecule has 3 aromatic rings. The fourth-order valence-corrected chi connectivity index (χ4v) is 3.95. The van der Waals surface area contributed by atoms with Crippen molar-refractivity contribution < 1.29 is 13.2 Å². The number of nitrogens with zero attached hydrogens (tertiary/aromatic N) is 4. The van der Waals surface area contributed by atoms with E-state index in [0.717, 1.165) is 17.6 Å². The van der Waals surface area contributed by atoms with Crippen molar-refractivity contribution in [2.45, 2.75) is 31.2 Å². The number of benzene rings is 1. The predicted molar refractivity (Wildman–Crippen MR) is 105 cm³/mol. The van der Waals surface area contributed by atoms with Gasteiger partial charge in [-0.1, -0.05) is 11.8 Å². The third kappa shape index (κ3) is 4.64. The molecule has 2 heterocycles. The second kappa shape index (κ2) is 7.28. The van der Waals surface area contributed by atoms with E-state index in [1.165, 1.54) is 11.8 Å². The first-order valence-corrected chi connectivity index (χ1v) is 10.9. The number of ketones is 1. The van der Waals surface area contributed by atoms with Crippen molar-refractivity contribution in [1.82, 2.24) is 19.6 Å². The highest BCUT2D eigenvalue weighted by Crippen LogP contribution is 2.24. The largest absolute Gasteiger partial charge is 0.293 e. The molecule has 0 aliphatic rings. The van der Waals surface area contributed by atoms with E-state index in [1.54, 1.807) is 35.7 Å². The number of carbonyl (C=O) groups is 1. The summed E-state index contributed by atoms with van der Waals surface area (Å²) in [7, 11) is -3.35. The van der Waals surface area contributed by atoms with Crippen LogP contribution in [-0.2, 0) is 10.0 Å². The Balaban J connectivity index is 1.75. The molecule has 0 saturated heterocycles. The van der Waals surface area contributed by atoms with Crippen LogP contribution in [0.4, 0.5) is 5.69 Å². The summed E-state index contributed by atoms with van der Waals surface area (Å²) in [6, 6.07) is 8.23. The van der Waals surface area contributed by atoms with E-state index in [0.29, 0.717) is 22.2 Å². The molecule has 0 spiro atoms. The van der Waals surface area contributed by atoms with Crippen LogP contribution in [0.1, 0.15) is 28.7 Å². The van der Waals surface area contributed by atoms with Crippen LogP contribution in [0.3, 0.4) is 0 Å². The maximum Gasteiger partial charge on any atom is 0.253 e. The van der Waals surface area contributed by atoms with Crippen LogP contribution in [0.2, 0.25) is 0 Å². The van der Waals surface area contributed by atoms with Crippen molar-refractivity contribution in [2.24, 2.45) is 0 Å². The van der Waals surface area contributed by atoms with Gasteiger partial charge in [-0.2, -0.15) is 4.98 Å². The summed E-state index contributed by atoms with van der Waals surface area (Å²) in [6.07, 6.45) is 1.07. The van der Waals surface area contributed by atoms with E-state index in [9.17, 15) is 13.2 Å². The molecule has 2 aromatic heterocycles. The van der Waals surface area contributed by atoms with Crippen molar-refractivity contribution in [3.05, 3.63) is 47.3 Å². The minimum Gasteiger partial charge on any atom is -0.293 e. The standard InChI is InChI=1S/C17H19N5O3S2/c1-10-9-11(2)22-16(18-10)19-17(20-22)26-12(3)15(23)13-5-7-14(8-6-13)21-27(4,24)25/h5-9,12,21H,1-4H3/t12-/m1/s1. The van der Waals surface area contributed by atoms with Crippen LogP contribution in [0.25, 0.3) is 5.78 Å². The van der Waals surface area contributed by atoms with Crippen LogP contribution in [0.15, 0.2) is 35.5 Å². The normalized spacial score (nSPS) is 12.9. The molecule has 0 radical (unpaired) electrons. The Hall–Kier alpha value is -2.46. The van der Waals surface area contributed by atoms with Crippen molar-refractivity contribution >= 4 is 39.0 Å². The SMILES string of the molecule is Cc1cc(C)n2nc(S[C@H](C)C(=O)c3ccc(NS(C)(=O)=O)cc3)nc2n1. The lowest BCUT2D eigenvalue weighted by Crippen LogP contribution is -2.14. The van der Waals surface area contributed by atoms with Gasteiger partial charge in [-0.15, -0.1) is 5.10 Å². The summed E-state index contributed by atoms with van der Waals surface area (Å²) in [5, 5.41) is 4.47. The number of carbonyl (C=O) groups excluding carboxylic acids is 1. The minimum absolute atomic E-state index is 0.0920. The van der Waals surface area contributed by atoms with E-state index in [2.05, 4.69) is 19.8 Å². The van der Waals surface area contributed by atoms with Gasteiger partial charge in [0.2, 0.25) is 15.2 Å². The van der Waals surface area contributed by atoms with Crippen LogP contribution in [0, 0.1) is 13.8 Å². The summed E-state index contributed by atoms with van der Waals surface area (Å²) in [5.74, 6) is 0.413. The fourth-order valence-electron chi connectivity index (χ4n) is 2.56. The van der Waals surface area contributed by atoms with Gasteiger partial charge in [0.1, 0.15) is 0 Å². The van der Waals surface area contributed by atoms with Gasteiger partial charge in [-0.25, -0.2) is 17.9 Å². The lowest BCUT2D eigenvalue weighted by Gasteiger charge is -2.09. The Morgan fingerprint density at radius 1 is 1.19 bits per heavy atom. The Labute approximate surface area is 161 Å². The van der Waals surface area contributed by atoms with Crippen molar-refractivity contribution in [3.63, 3.8) is 0 Å². The monoisotopic (exact) mass is 405 g/mol. The lowest BCUT2D eigenvalue weighted by atomic mass is 10.1. The molecule has 27 heavy (non-hydrogen) atoms. The summed E-state index contributed by atoms with van der Waals surface area (Å²) in [5.41, 5.74) is 2.68. The van der Waals surface area contributed by atoms with Crippen molar-refractivity contribution in [3.8, 4) is 0 Å². The zero-order chi connectivity index (χ0) is 19.8. The molecule has 0 unspecified atom stereocenters. The fraction of sp³-hybridized carbons (Fsp3) is 0.294. The summed E-state index contributed by atoms with van der Waals surface area (Å²) < 4.78 is 26.5. The molecule has 1 atom stereocenters. The first-order chi connectivity index (χ1) is 12.6.